The normalized spacial score (nSPS) is 10.8. The molecule has 21 heavy (non-hydrogen) atoms. The average molecular weight is 337 g/mol. The summed E-state index contributed by atoms with van der Waals surface area (Å²) in [5, 5.41) is 9.88. The zero-order valence-electron chi connectivity index (χ0n) is 11.0. The second kappa shape index (κ2) is 6.05. The molecule has 0 radical (unpaired) electrons. The molecule has 0 atom stereocenters. The van der Waals surface area contributed by atoms with E-state index in [-0.39, 0.29) is 0 Å². The van der Waals surface area contributed by atoms with Gasteiger partial charge in [0.2, 0.25) is 0 Å². The van der Waals surface area contributed by atoms with E-state index < -0.39 is 0 Å². The molecule has 3 rings (SSSR count). The Morgan fingerprint density at radius 1 is 1.00 bits per heavy atom. The Kier molecular flexibility index (Phi) is 4.14. The number of benzene rings is 1. The maximum Gasteiger partial charge on any atom is 0.196 e. The van der Waals surface area contributed by atoms with Gasteiger partial charge in [-0.05, 0) is 36.0 Å². The average Bonchev–Trinajstić information content (AvgIpc) is 2.80. The van der Waals surface area contributed by atoms with E-state index in [1.54, 1.807) is 23.9 Å². The van der Waals surface area contributed by atoms with Crippen LogP contribution in [0.2, 0.25) is 10.3 Å². The minimum atomic E-state index is 0.331. The maximum absolute atomic E-state index is 5.93. The number of hydrogen-bond acceptors (Lipinski definition) is 4. The highest BCUT2D eigenvalue weighted by atomic mass is 35.5. The van der Waals surface area contributed by atoms with Gasteiger partial charge in [0.15, 0.2) is 11.0 Å². The Bertz CT molecular complexity index is 754. The first-order valence-electron chi connectivity index (χ1n) is 6.09. The molecule has 7 heteroatoms. The number of rotatable bonds is 3. The van der Waals surface area contributed by atoms with Crippen LogP contribution in [0.25, 0.3) is 11.4 Å². The molecule has 0 aliphatic heterocycles. The van der Waals surface area contributed by atoms with Crippen molar-refractivity contribution >= 4 is 35.0 Å². The zero-order chi connectivity index (χ0) is 14.8. The van der Waals surface area contributed by atoms with Crippen molar-refractivity contribution in [2.24, 2.45) is 7.05 Å². The van der Waals surface area contributed by atoms with Crippen LogP contribution in [-0.2, 0) is 7.05 Å². The molecule has 106 valence electrons. The largest absolute Gasteiger partial charge is 0.305 e. The van der Waals surface area contributed by atoms with Crippen molar-refractivity contribution < 1.29 is 0 Å². The van der Waals surface area contributed by atoms with Gasteiger partial charge < -0.3 is 4.57 Å². The summed E-state index contributed by atoms with van der Waals surface area (Å²) in [5.74, 6) is 0.694. The Hall–Kier alpha value is -1.56. The Morgan fingerprint density at radius 3 is 2.33 bits per heavy atom. The fourth-order valence-corrected chi connectivity index (χ4v) is 3.11. The van der Waals surface area contributed by atoms with Gasteiger partial charge in [-0.3, -0.25) is 0 Å². The van der Waals surface area contributed by atoms with Crippen molar-refractivity contribution in [3.63, 3.8) is 0 Å². The number of halogens is 2. The molecule has 0 spiro atoms. The van der Waals surface area contributed by atoms with Crippen molar-refractivity contribution in [3.8, 4) is 11.4 Å². The molecule has 0 N–H and O–H groups in total. The van der Waals surface area contributed by atoms with Crippen LogP contribution in [0, 0.1) is 0 Å². The highest BCUT2D eigenvalue weighted by molar-refractivity contribution is 7.99. The first-order valence-corrected chi connectivity index (χ1v) is 7.66. The van der Waals surface area contributed by atoms with Gasteiger partial charge in [0.05, 0.1) is 0 Å². The smallest absolute Gasteiger partial charge is 0.196 e. The number of pyridine rings is 1. The molecule has 0 unspecified atom stereocenters. The lowest BCUT2D eigenvalue weighted by atomic mass is 10.2. The molecule has 2 aromatic heterocycles. The van der Waals surface area contributed by atoms with Crippen LogP contribution in [0.4, 0.5) is 0 Å². The van der Waals surface area contributed by atoms with Crippen LogP contribution >= 0.6 is 35.0 Å². The fourth-order valence-electron chi connectivity index (χ4n) is 1.84. The monoisotopic (exact) mass is 336 g/mol. The van der Waals surface area contributed by atoms with Gasteiger partial charge in [-0.15, -0.1) is 10.2 Å². The van der Waals surface area contributed by atoms with Crippen LogP contribution in [-0.4, -0.2) is 19.7 Å². The summed E-state index contributed by atoms with van der Waals surface area (Å²) >= 11 is 13.4. The summed E-state index contributed by atoms with van der Waals surface area (Å²) in [6.07, 6.45) is 0. The van der Waals surface area contributed by atoms with Crippen LogP contribution in [0.3, 0.4) is 0 Å². The van der Waals surface area contributed by atoms with E-state index in [1.807, 2.05) is 41.9 Å². The molecule has 0 saturated carbocycles. The Labute approximate surface area is 136 Å². The third-order valence-corrected chi connectivity index (χ3v) is 4.24. The van der Waals surface area contributed by atoms with E-state index in [0.717, 1.165) is 15.6 Å². The predicted molar refractivity (Wildman–Crippen MR) is 84.8 cm³/mol. The van der Waals surface area contributed by atoms with Crippen LogP contribution in [0.1, 0.15) is 0 Å². The molecular formula is C14H10Cl2N4S. The second-order valence-electron chi connectivity index (χ2n) is 4.28. The van der Waals surface area contributed by atoms with Gasteiger partial charge in [-0.2, -0.15) is 0 Å². The Balaban J connectivity index is 1.95. The molecule has 0 aliphatic rings. The van der Waals surface area contributed by atoms with Crippen molar-refractivity contribution in [1.29, 1.82) is 0 Å². The molecule has 0 bridgehead atoms. The summed E-state index contributed by atoms with van der Waals surface area (Å²) in [7, 11) is 1.91. The quantitative estimate of drug-likeness (QED) is 0.667. The van der Waals surface area contributed by atoms with Crippen LogP contribution in [0.5, 0.6) is 0 Å². The standard InChI is InChI=1S/C14H10Cl2N4S/c1-20-13(9-7-11(15)17-12(16)8-9)18-19-14(20)21-10-5-3-2-4-6-10/h2-8H,1H3. The van der Waals surface area contributed by atoms with Gasteiger partial charge in [-0.1, -0.05) is 41.4 Å². The van der Waals surface area contributed by atoms with Crippen LogP contribution in [0.15, 0.2) is 52.5 Å². The Morgan fingerprint density at radius 2 is 1.67 bits per heavy atom. The van der Waals surface area contributed by atoms with E-state index >= 15 is 0 Å². The zero-order valence-corrected chi connectivity index (χ0v) is 13.3. The van der Waals surface area contributed by atoms with E-state index in [0.29, 0.717) is 16.1 Å². The number of nitrogens with zero attached hydrogens (tertiary/aromatic N) is 4. The molecule has 0 saturated heterocycles. The molecular weight excluding hydrogens is 327 g/mol. The van der Waals surface area contributed by atoms with Gasteiger partial charge >= 0.3 is 0 Å². The van der Waals surface area contributed by atoms with Crippen molar-refractivity contribution in [3.05, 3.63) is 52.8 Å². The van der Waals surface area contributed by atoms with E-state index in [1.165, 1.54) is 0 Å². The third kappa shape index (κ3) is 3.20. The topological polar surface area (TPSA) is 43.6 Å². The second-order valence-corrected chi connectivity index (χ2v) is 6.10. The summed E-state index contributed by atoms with van der Waals surface area (Å²) in [4.78, 5) is 5.03. The van der Waals surface area contributed by atoms with Crippen molar-refractivity contribution in [1.82, 2.24) is 19.7 Å². The van der Waals surface area contributed by atoms with Gasteiger partial charge in [0, 0.05) is 17.5 Å². The molecule has 0 aliphatic carbocycles. The lowest BCUT2D eigenvalue weighted by molar-refractivity contribution is 0.794. The summed E-state index contributed by atoms with van der Waals surface area (Å²) < 4.78 is 1.90. The fraction of sp³-hybridized carbons (Fsp3) is 0.0714. The van der Waals surface area contributed by atoms with Crippen molar-refractivity contribution in [2.75, 3.05) is 0 Å². The highest BCUT2D eigenvalue weighted by Gasteiger charge is 2.13. The lowest BCUT2D eigenvalue weighted by Gasteiger charge is -2.04. The molecule has 0 amide bonds. The molecule has 1 aromatic carbocycles. The lowest BCUT2D eigenvalue weighted by Crippen LogP contribution is -1.95. The van der Waals surface area contributed by atoms with Crippen LogP contribution < -0.4 is 0 Å². The van der Waals surface area contributed by atoms with E-state index in [2.05, 4.69) is 15.2 Å². The third-order valence-electron chi connectivity index (χ3n) is 2.81. The van der Waals surface area contributed by atoms with Gasteiger partial charge in [0.25, 0.3) is 0 Å². The number of aromatic nitrogens is 4. The maximum atomic E-state index is 5.93. The first-order chi connectivity index (χ1) is 10.1. The minimum absolute atomic E-state index is 0.331. The minimum Gasteiger partial charge on any atom is -0.305 e. The summed E-state index contributed by atoms with van der Waals surface area (Å²) in [6.45, 7) is 0. The van der Waals surface area contributed by atoms with Crippen molar-refractivity contribution in [2.45, 2.75) is 10.1 Å². The first kappa shape index (κ1) is 14.4. The summed E-state index contributed by atoms with van der Waals surface area (Å²) in [5.41, 5.74) is 0.787. The SMILES string of the molecule is Cn1c(Sc2ccccc2)nnc1-c1cc(Cl)nc(Cl)c1. The molecule has 0 fully saturated rings. The highest BCUT2D eigenvalue weighted by Crippen LogP contribution is 2.29. The molecule has 3 aromatic rings. The molecule has 4 nitrogen and oxygen atoms in total. The van der Waals surface area contributed by atoms with E-state index in [9.17, 15) is 0 Å². The summed E-state index contributed by atoms with van der Waals surface area (Å²) in [6, 6.07) is 13.4. The molecule has 2 heterocycles. The predicted octanol–water partition coefficient (Wildman–Crippen LogP) is 4.34. The van der Waals surface area contributed by atoms with Gasteiger partial charge in [0.1, 0.15) is 10.3 Å². The van der Waals surface area contributed by atoms with E-state index in [4.69, 9.17) is 23.2 Å². The van der Waals surface area contributed by atoms with Gasteiger partial charge in [-0.25, -0.2) is 4.98 Å². The number of hydrogen-bond donors (Lipinski definition) is 0.